The lowest BCUT2D eigenvalue weighted by Crippen LogP contribution is -2.17. The highest BCUT2D eigenvalue weighted by Crippen LogP contribution is 2.22. The largest absolute Gasteiger partial charge is 0.508 e. The average Bonchev–Trinajstić information content (AvgIpc) is 2.47. The first-order chi connectivity index (χ1) is 10.1. The van der Waals surface area contributed by atoms with E-state index in [9.17, 15) is 9.90 Å². The van der Waals surface area contributed by atoms with Gasteiger partial charge in [-0.2, -0.15) is 10.4 Å². The molecule has 0 aliphatic carbocycles. The van der Waals surface area contributed by atoms with Gasteiger partial charge in [-0.25, -0.2) is 5.43 Å². The molecule has 2 aromatic carbocycles. The summed E-state index contributed by atoms with van der Waals surface area (Å²) in [5, 5.41) is 31.1. The molecule has 0 aliphatic rings. The molecule has 0 saturated heterocycles. The fourth-order valence-corrected chi connectivity index (χ4v) is 1.58. The summed E-state index contributed by atoms with van der Waals surface area (Å²) in [4.78, 5) is 11.8. The molecule has 0 bridgehead atoms. The van der Waals surface area contributed by atoms with Crippen LogP contribution < -0.4 is 5.43 Å². The SMILES string of the molecule is N#Cc1ccc(C=NNC(=O)c2ccc(O)cc2O)cc1. The number of hydrazone groups is 1. The van der Waals surface area contributed by atoms with Gasteiger partial charge in [0.2, 0.25) is 0 Å². The van der Waals surface area contributed by atoms with Crippen molar-refractivity contribution in [2.45, 2.75) is 0 Å². The molecule has 21 heavy (non-hydrogen) atoms. The average molecular weight is 281 g/mol. The number of phenolic OH excluding ortho intramolecular Hbond substituents is 2. The monoisotopic (exact) mass is 281 g/mol. The van der Waals surface area contributed by atoms with E-state index in [0.29, 0.717) is 11.1 Å². The van der Waals surface area contributed by atoms with E-state index in [1.807, 2.05) is 6.07 Å². The van der Waals surface area contributed by atoms with Crippen molar-refractivity contribution in [2.24, 2.45) is 5.10 Å². The Morgan fingerprint density at radius 3 is 2.52 bits per heavy atom. The van der Waals surface area contributed by atoms with Crippen LogP contribution in [0.3, 0.4) is 0 Å². The maximum atomic E-state index is 11.8. The number of nitrogens with zero attached hydrogens (tertiary/aromatic N) is 2. The quantitative estimate of drug-likeness (QED) is 0.588. The highest BCUT2D eigenvalue weighted by atomic mass is 16.3. The molecule has 0 atom stereocenters. The van der Waals surface area contributed by atoms with E-state index in [2.05, 4.69) is 10.5 Å². The summed E-state index contributed by atoms with van der Waals surface area (Å²) in [5.74, 6) is -1.07. The fourth-order valence-electron chi connectivity index (χ4n) is 1.58. The Hall–Kier alpha value is -3.33. The van der Waals surface area contributed by atoms with Gasteiger partial charge in [0.1, 0.15) is 11.5 Å². The van der Waals surface area contributed by atoms with Crippen LogP contribution in [0.2, 0.25) is 0 Å². The van der Waals surface area contributed by atoms with Gasteiger partial charge in [0.05, 0.1) is 23.4 Å². The topological polar surface area (TPSA) is 106 Å². The zero-order chi connectivity index (χ0) is 15.2. The Morgan fingerprint density at radius 2 is 1.90 bits per heavy atom. The van der Waals surface area contributed by atoms with Gasteiger partial charge >= 0.3 is 0 Å². The zero-order valence-corrected chi connectivity index (χ0v) is 10.8. The molecule has 0 unspecified atom stereocenters. The molecule has 0 fully saturated rings. The van der Waals surface area contributed by atoms with Gasteiger partial charge in [-0.3, -0.25) is 4.79 Å². The molecule has 1 amide bonds. The van der Waals surface area contributed by atoms with Gasteiger partial charge in [0, 0.05) is 6.07 Å². The molecule has 0 heterocycles. The second kappa shape index (κ2) is 6.21. The third-order valence-electron chi connectivity index (χ3n) is 2.65. The number of carbonyl (C=O) groups is 1. The highest BCUT2D eigenvalue weighted by Gasteiger charge is 2.10. The Kier molecular flexibility index (Phi) is 4.17. The predicted octanol–water partition coefficient (Wildman–Crippen LogP) is 1.73. The maximum Gasteiger partial charge on any atom is 0.275 e. The van der Waals surface area contributed by atoms with Crippen molar-refractivity contribution >= 4 is 12.1 Å². The summed E-state index contributed by atoms with van der Waals surface area (Å²) in [6.45, 7) is 0. The number of rotatable bonds is 3. The van der Waals surface area contributed by atoms with Crippen LogP contribution in [-0.4, -0.2) is 22.3 Å². The number of hydrogen-bond donors (Lipinski definition) is 3. The lowest BCUT2D eigenvalue weighted by Gasteiger charge is -2.03. The molecule has 0 spiro atoms. The van der Waals surface area contributed by atoms with Crippen LogP contribution in [-0.2, 0) is 0 Å². The molecule has 0 radical (unpaired) electrons. The highest BCUT2D eigenvalue weighted by molar-refractivity contribution is 5.97. The zero-order valence-electron chi connectivity index (χ0n) is 10.8. The van der Waals surface area contributed by atoms with Crippen LogP contribution in [0, 0.1) is 11.3 Å². The van der Waals surface area contributed by atoms with Gasteiger partial charge in [-0.05, 0) is 29.8 Å². The maximum absolute atomic E-state index is 11.8. The smallest absolute Gasteiger partial charge is 0.275 e. The molecule has 104 valence electrons. The van der Waals surface area contributed by atoms with Crippen LogP contribution in [0.25, 0.3) is 0 Å². The fraction of sp³-hybridized carbons (Fsp3) is 0. The van der Waals surface area contributed by atoms with Crippen molar-refractivity contribution in [1.29, 1.82) is 5.26 Å². The van der Waals surface area contributed by atoms with Crippen LogP contribution in [0.4, 0.5) is 0 Å². The summed E-state index contributed by atoms with van der Waals surface area (Å²) in [5.41, 5.74) is 3.51. The Labute approximate surface area is 120 Å². The first kappa shape index (κ1) is 14.1. The van der Waals surface area contributed by atoms with Crippen molar-refractivity contribution < 1.29 is 15.0 Å². The van der Waals surface area contributed by atoms with E-state index >= 15 is 0 Å². The molecule has 6 nitrogen and oxygen atoms in total. The van der Waals surface area contributed by atoms with E-state index in [1.165, 1.54) is 18.3 Å². The van der Waals surface area contributed by atoms with E-state index in [4.69, 9.17) is 10.4 Å². The van der Waals surface area contributed by atoms with Crippen LogP contribution in [0.1, 0.15) is 21.5 Å². The Balaban J connectivity index is 2.03. The normalized spacial score (nSPS) is 10.2. The number of nitriles is 1. The third kappa shape index (κ3) is 3.58. The summed E-state index contributed by atoms with van der Waals surface area (Å²) in [6.07, 6.45) is 1.41. The molecule has 2 aromatic rings. The van der Waals surface area contributed by atoms with Crippen molar-refractivity contribution in [3.8, 4) is 17.6 Å². The second-order valence-corrected chi connectivity index (χ2v) is 4.13. The molecule has 0 saturated carbocycles. The van der Waals surface area contributed by atoms with E-state index < -0.39 is 5.91 Å². The molecular formula is C15H11N3O3. The summed E-state index contributed by atoms with van der Waals surface area (Å²) in [7, 11) is 0. The van der Waals surface area contributed by atoms with Crippen molar-refractivity contribution in [2.75, 3.05) is 0 Å². The van der Waals surface area contributed by atoms with Gasteiger partial charge in [0.15, 0.2) is 0 Å². The number of amides is 1. The van der Waals surface area contributed by atoms with Crippen molar-refractivity contribution in [1.82, 2.24) is 5.43 Å². The van der Waals surface area contributed by atoms with E-state index in [1.54, 1.807) is 24.3 Å². The number of aromatic hydroxyl groups is 2. The van der Waals surface area contributed by atoms with Gasteiger partial charge in [-0.1, -0.05) is 12.1 Å². The molecular weight excluding hydrogens is 270 g/mol. The molecule has 0 aromatic heterocycles. The molecule has 6 heteroatoms. The minimum atomic E-state index is -0.600. The Morgan fingerprint density at radius 1 is 1.19 bits per heavy atom. The minimum Gasteiger partial charge on any atom is -0.508 e. The lowest BCUT2D eigenvalue weighted by atomic mass is 10.2. The molecule has 0 aliphatic heterocycles. The second-order valence-electron chi connectivity index (χ2n) is 4.13. The van der Waals surface area contributed by atoms with Crippen LogP contribution in [0.15, 0.2) is 47.6 Å². The first-order valence-corrected chi connectivity index (χ1v) is 5.95. The minimum absolute atomic E-state index is 0.00442. The van der Waals surface area contributed by atoms with Crippen LogP contribution >= 0.6 is 0 Å². The van der Waals surface area contributed by atoms with Gasteiger partial charge in [-0.15, -0.1) is 0 Å². The third-order valence-corrected chi connectivity index (χ3v) is 2.65. The van der Waals surface area contributed by atoms with Crippen LogP contribution in [0.5, 0.6) is 11.5 Å². The summed E-state index contributed by atoms with van der Waals surface area (Å²) < 4.78 is 0. The van der Waals surface area contributed by atoms with E-state index in [0.717, 1.165) is 6.07 Å². The summed E-state index contributed by atoms with van der Waals surface area (Å²) >= 11 is 0. The first-order valence-electron chi connectivity index (χ1n) is 5.95. The van der Waals surface area contributed by atoms with Gasteiger partial charge < -0.3 is 10.2 Å². The van der Waals surface area contributed by atoms with Crippen molar-refractivity contribution in [3.05, 3.63) is 59.2 Å². The van der Waals surface area contributed by atoms with Gasteiger partial charge in [0.25, 0.3) is 5.91 Å². The number of nitrogens with one attached hydrogen (secondary N) is 1. The number of carbonyl (C=O) groups excluding carboxylic acids is 1. The lowest BCUT2D eigenvalue weighted by molar-refractivity contribution is 0.0952. The molecule has 3 N–H and O–H groups in total. The van der Waals surface area contributed by atoms with E-state index in [-0.39, 0.29) is 17.1 Å². The standard InChI is InChI=1S/C15H11N3O3/c16-8-10-1-3-11(4-2-10)9-17-18-15(21)13-6-5-12(19)7-14(13)20/h1-7,9,19-20H,(H,18,21). The number of benzene rings is 2. The number of hydrogen-bond acceptors (Lipinski definition) is 5. The number of phenols is 2. The predicted molar refractivity (Wildman–Crippen MR) is 76.0 cm³/mol. The summed E-state index contributed by atoms with van der Waals surface area (Å²) in [6, 6.07) is 12.3. The van der Waals surface area contributed by atoms with Crippen molar-refractivity contribution in [3.63, 3.8) is 0 Å². The Bertz CT molecular complexity index is 731. The molecule has 2 rings (SSSR count).